The highest BCUT2D eigenvalue weighted by Crippen LogP contribution is 2.02. The van der Waals surface area contributed by atoms with Crippen molar-refractivity contribution in [3.05, 3.63) is 60.1 Å². The zero-order valence-corrected chi connectivity index (χ0v) is 8.28. The number of nitrogens with one attached hydrogen (secondary N) is 2. The first-order valence-corrected chi connectivity index (χ1v) is 4.92. The fourth-order valence-corrected chi connectivity index (χ4v) is 1.40. The Morgan fingerprint density at radius 2 is 2.00 bits per heavy atom. The normalized spacial score (nSPS) is 18.9. The molecular formula is C12H13FN2. The van der Waals surface area contributed by atoms with Crippen LogP contribution in [0.15, 0.2) is 48.7 Å². The lowest BCUT2D eigenvalue weighted by Gasteiger charge is -2.17. The van der Waals surface area contributed by atoms with Crippen LogP contribution in [0.25, 0.3) is 0 Å². The molecule has 0 fully saturated rings. The Bertz CT molecular complexity index is 368. The van der Waals surface area contributed by atoms with Crippen molar-refractivity contribution in [2.75, 3.05) is 0 Å². The summed E-state index contributed by atoms with van der Waals surface area (Å²) in [6.45, 7) is 0.718. The molecule has 1 aliphatic rings. The molecule has 3 heteroatoms. The van der Waals surface area contributed by atoms with Gasteiger partial charge in [-0.05, 0) is 36.0 Å². The van der Waals surface area contributed by atoms with Gasteiger partial charge in [0.25, 0.3) is 0 Å². The minimum atomic E-state index is -0.197. The van der Waals surface area contributed by atoms with Gasteiger partial charge in [0.1, 0.15) is 5.82 Å². The number of halogens is 1. The molecule has 15 heavy (non-hydrogen) atoms. The molecule has 0 saturated carbocycles. The number of allylic oxidation sites excluding steroid dienone is 2. The maximum atomic E-state index is 12.6. The van der Waals surface area contributed by atoms with Crippen LogP contribution in [-0.2, 0) is 6.54 Å². The summed E-state index contributed by atoms with van der Waals surface area (Å²) in [4.78, 5) is 0. The topological polar surface area (TPSA) is 24.1 Å². The highest BCUT2D eigenvalue weighted by atomic mass is 19.1. The number of hydrogen-bond donors (Lipinski definition) is 2. The van der Waals surface area contributed by atoms with E-state index in [1.807, 2.05) is 24.4 Å². The highest BCUT2D eigenvalue weighted by Gasteiger charge is 2.02. The monoisotopic (exact) mass is 204 g/mol. The largest absolute Gasteiger partial charge is 0.372 e. The zero-order chi connectivity index (χ0) is 10.5. The molecule has 1 aromatic rings. The van der Waals surface area contributed by atoms with Crippen molar-refractivity contribution in [1.82, 2.24) is 10.6 Å². The Morgan fingerprint density at radius 3 is 2.67 bits per heavy atom. The molecule has 0 radical (unpaired) electrons. The van der Waals surface area contributed by atoms with Crippen LogP contribution in [0.4, 0.5) is 4.39 Å². The molecule has 0 aliphatic carbocycles. The zero-order valence-electron chi connectivity index (χ0n) is 8.28. The minimum Gasteiger partial charge on any atom is -0.372 e. The maximum absolute atomic E-state index is 12.6. The Labute approximate surface area is 88.5 Å². The van der Waals surface area contributed by atoms with Gasteiger partial charge in [0.15, 0.2) is 0 Å². The van der Waals surface area contributed by atoms with E-state index in [0.717, 1.165) is 12.1 Å². The summed E-state index contributed by atoms with van der Waals surface area (Å²) < 4.78 is 12.6. The van der Waals surface area contributed by atoms with Crippen molar-refractivity contribution in [2.45, 2.75) is 12.7 Å². The molecule has 0 saturated heterocycles. The molecule has 0 bridgehead atoms. The second-order valence-electron chi connectivity index (χ2n) is 3.40. The molecule has 0 spiro atoms. The Balaban J connectivity index is 1.85. The van der Waals surface area contributed by atoms with Gasteiger partial charge in [0, 0.05) is 6.54 Å². The molecule has 2 rings (SSSR count). The van der Waals surface area contributed by atoms with Crippen molar-refractivity contribution < 1.29 is 4.39 Å². The van der Waals surface area contributed by atoms with Gasteiger partial charge in [-0.2, -0.15) is 0 Å². The first-order chi connectivity index (χ1) is 7.34. The molecule has 0 amide bonds. The van der Waals surface area contributed by atoms with Crippen molar-refractivity contribution >= 4 is 0 Å². The second-order valence-corrected chi connectivity index (χ2v) is 3.40. The number of rotatable bonds is 3. The highest BCUT2D eigenvalue weighted by molar-refractivity contribution is 5.17. The predicted octanol–water partition coefficient (Wildman–Crippen LogP) is 1.91. The molecule has 1 unspecified atom stereocenters. The quantitative estimate of drug-likeness (QED) is 0.786. The first kappa shape index (κ1) is 9.93. The second kappa shape index (κ2) is 4.75. The van der Waals surface area contributed by atoms with Gasteiger partial charge in [0.2, 0.25) is 0 Å². The average Bonchev–Trinajstić information content (AvgIpc) is 2.30. The van der Waals surface area contributed by atoms with Gasteiger partial charge in [0.05, 0.1) is 6.17 Å². The van der Waals surface area contributed by atoms with Crippen LogP contribution in [0.3, 0.4) is 0 Å². The summed E-state index contributed by atoms with van der Waals surface area (Å²) in [5.74, 6) is -0.197. The lowest BCUT2D eigenvalue weighted by atomic mass is 10.2. The van der Waals surface area contributed by atoms with Crippen LogP contribution in [0, 0.1) is 5.82 Å². The van der Waals surface area contributed by atoms with E-state index < -0.39 is 0 Å². The van der Waals surface area contributed by atoms with Crippen molar-refractivity contribution in [1.29, 1.82) is 0 Å². The fraction of sp³-hybridized carbons (Fsp3) is 0.167. The Kier molecular flexibility index (Phi) is 3.15. The van der Waals surface area contributed by atoms with Crippen molar-refractivity contribution in [2.24, 2.45) is 0 Å². The van der Waals surface area contributed by atoms with Crippen LogP contribution < -0.4 is 10.6 Å². The molecule has 2 nitrogen and oxygen atoms in total. The van der Waals surface area contributed by atoms with Gasteiger partial charge in [-0.15, -0.1) is 0 Å². The fourth-order valence-electron chi connectivity index (χ4n) is 1.40. The van der Waals surface area contributed by atoms with Crippen LogP contribution in [0.2, 0.25) is 0 Å². The molecule has 1 aromatic carbocycles. The van der Waals surface area contributed by atoms with E-state index >= 15 is 0 Å². The maximum Gasteiger partial charge on any atom is 0.123 e. The van der Waals surface area contributed by atoms with E-state index in [9.17, 15) is 4.39 Å². The third-order valence-electron chi connectivity index (χ3n) is 2.23. The summed E-state index contributed by atoms with van der Waals surface area (Å²) in [7, 11) is 0. The molecule has 1 aliphatic heterocycles. The average molecular weight is 204 g/mol. The van der Waals surface area contributed by atoms with Gasteiger partial charge in [-0.3, -0.25) is 5.32 Å². The standard InChI is InChI=1S/C12H13FN2/c13-11-6-4-10(5-7-11)9-15-12-3-1-2-8-14-12/h1-8,12,14-15H,9H2. The van der Waals surface area contributed by atoms with E-state index in [-0.39, 0.29) is 12.0 Å². The number of hydrogen-bond acceptors (Lipinski definition) is 2. The van der Waals surface area contributed by atoms with Gasteiger partial charge in [-0.25, -0.2) is 4.39 Å². The lowest BCUT2D eigenvalue weighted by Crippen LogP contribution is -2.38. The molecule has 1 heterocycles. The first-order valence-electron chi connectivity index (χ1n) is 4.92. The van der Waals surface area contributed by atoms with E-state index in [4.69, 9.17) is 0 Å². The van der Waals surface area contributed by atoms with Gasteiger partial charge in [-0.1, -0.05) is 18.2 Å². The predicted molar refractivity (Wildman–Crippen MR) is 58.4 cm³/mol. The van der Waals surface area contributed by atoms with E-state index in [1.165, 1.54) is 12.1 Å². The van der Waals surface area contributed by atoms with Crippen LogP contribution in [0.1, 0.15) is 5.56 Å². The number of dihydropyridines is 1. The van der Waals surface area contributed by atoms with E-state index in [1.54, 1.807) is 12.1 Å². The van der Waals surface area contributed by atoms with Crippen molar-refractivity contribution in [3.8, 4) is 0 Å². The third-order valence-corrected chi connectivity index (χ3v) is 2.23. The summed E-state index contributed by atoms with van der Waals surface area (Å²) >= 11 is 0. The van der Waals surface area contributed by atoms with E-state index in [2.05, 4.69) is 10.6 Å². The number of benzene rings is 1. The minimum absolute atomic E-state index is 0.153. The summed E-state index contributed by atoms with van der Waals surface area (Å²) in [5.41, 5.74) is 1.07. The molecule has 78 valence electrons. The molecule has 2 N–H and O–H groups in total. The van der Waals surface area contributed by atoms with E-state index in [0.29, 0.717) is 0 Å². The van der Waals surface area contributed by atoms with Crippen molar-refractivity contribution in [3.63, 3.8) is 0 Å². The molecule has 1 atom stereocenters. The SMILES string of the molecule is Fc1ccc(CNC2C=CC=CN2)cc1. The smallest absolute Gasteiger partial charge is 0.123 e. The Morgan fingerprint density at radius 1 is 1.20 bits per heavy atom. The Hall–Kier alpha value is -1.61. The summed E-state index contributed by atoms with van der Waals surface area (Å²) in [6.07, 6.45) is 8.00. The van der Waals surface area contributed by atoms with Gasteiger partial charge < -0.3 is 5.32 Å². The molecule has 0 aromatic heterocycles. The van der Waals surface area contributed by atoms with Gasteiger partial charge >= 0.3 is 0 Å². The van der Waals surface area contributed by atoms with Crippen LogP contribution in [0.5, 0.6) is 0 Å². The van der Waals surface area contributed by atoms with Crippen LogP contribution >= 0.6 is 0 Å². The molecular weight excluding hydrogens is 191 g/mol. The van der Waals surface area contributed by atoms with Crippen LogP contribution in [-0.4, -0.2) is 6.17 Å². The lowest BCUT2D eigenvalue weighted by molar-refractivity contribution is 0.545. The third kappa shape index (κ3) is 2.92. The summed E-state index contributed by atoms with van der Waals surface area (Å²) in [6, 6.07) is 6.51. The summed E-state index contributed by atoms with van der Waals surface area (Å²) in [5, 5.41) is 6.43.